The number of guanidine groups is 1. The molecule has 1 heterocycles. The quantitative estimate of drug-likeness (QED) is 0.343. The van der Waals surface area contributed by atoms with Crippen LogP contribution in [0.5, 0.6) is 0 Å². The molecule has 3 aromatic rings. The van der Waals surface area contributed by atoms with Crippen LogP contribution >= 0.6 is 11.6 Å². The summed E-state index contributed by atoms with van der Waals surface area (Å²) in [6, 6.07) is 17.4. The molecule has 0 aliphatic carbocycles. The SMILES string of the molecule is CN=C(NCCOCc1ccccc1)NCc1nc(-c2cccc(Cl)c2)no1. The molecule has 0 amide bonds. The maximum absolute atomic E-state index is 6.00. The van der Waals surface area contributed by atoms with Crippen LogP contribution in [0.2, 0.25) is 5.02 Å². The molecule has 2 aromatic carbocycles. The van der Waals surface area contributed by atoms with Crippen molar-refractivity contribution in [3.63, 3.8) is 0 Å². The van der Waals surface area contributed by atoms with E-state index in [9.17, 15) is 0 Å². The predicted molar refractivity (Wildman–Crippen MR) is 109 cm³/mol. The van der Waals surface area contributed by atoms with E-state index in [0.717, 1.165) is 11.1 Å². The van der Waals surface area contributed by atoms with E-state index < -0.39 is 0 Å². The minimum absolute atomic E-state index is 0.359. The number of benzene rings is 2. The van der Waals surface area contributed by atoms with Crippen LogP contribution in [0, 0.1) is 0 Å². The van der Waals surface area contributed by atoms with Gasteiger partial charge in [-0.1, -0.05) is 59.2 Å². The van der Waals surface area contributed by atoms with Crippen molar-refractivity contribution in [2.24, 2.45) is 4.99 Å². The molecule has 146 valence electrons. The molecule has 2 N–H and O–H groups in total. The summed E-state index contributed by atoms with van der Waals surface area (Å²) in [5.74, 6) is 1.58. The second kappa shape index (κ2) is 10.4. The minimum atomic E-state index is 0.359. The number of halogens is 1. The van der Waals surface area contributed by atoms with Gasteiger partial charge in [-0.2, -0.15) is 4.98 Å². The molecule has 0 bridgehead atoms. The van der Waals surface area contributed by atoms with Crippen molar-refractivity contribution in [2.75, 3.05) is 20.2 Å². The summed E-state index contributed by atoms with van der Waals surface area (Å²) in [4.78, 5) is 8.53. The fraction of sp³-hybridized carbons (Fsp3) is 0.250. The molecule has 3 rings (SSSR count). The molecule has 0 spiro atoms. The summed E-state index contributed by atoms with van der Waals surface area (Å²) in [5.41, 5.74) is 1.96. The van der Waals surface area contributed by atoms with E-state index in [-0.39, 0.29) is 0 Å². The van der Waals surface area contributed by atoms with Gasteiger partial charge in [-0.25, -0.2) is 0 Å². The Morgan fingerprint density at radius 1 is 1.14 bits per heavy atom. The van der Waals surface area contributed by atoms with Crippen LogP contribution < -0.4 is 10.6 Å². The van der Waals surface area contributed by atoms with Crippen molar-refractivity contribution in [2.45, 2.75) is 13.2 Å². The Bertz CT molecular complexity index is 898. The zero-order valence-electron chi connectivity index (χ0n) is 15.6. The van der Waals surface area contributed by atoms with Crippen LogP contribution in [0.4, 0.5) is 0 Å². The van der Waals surface area contributed by atoms with E-state index in [1.807, 2.05) is 42.5 Å². The fourth-order valence-corrected chi connectivity index (χ4v) is 2.65. The zero-order valence-corrected chi connectivity index (χ0v) is 16.3. The summed E-state index contributed by atoms with van der Waals surface area (Å²) < 4.78 is 10.9. The lowest BCUT2D eigenvalue weighted by Crippen LogP contribution is -2.38. The molecule has 8 heteroatoms. The van der Waals surface area contributed by atoms with Gasteiger partial charge in [0.1, 0.15) is 0 Å². The van der Waals surface area contributed by atoms with Crippen molar-refractivity contribution in [3.8, 4) is 11.4 Å². The molecule has 0 aliphatic heterocycles. The van der Waals surface area contributed by atoms with Crippen LogP contribution in [0.3, 0.4) is 0 Å². The van der Waals surface area contributed by atoms with Gasteiger partial charge >= 0.3 is 0 Å². The van der Waals surface area contributed by atoms with Crippen molar-refractivity contribution >= 4 is 17.6 Å². The first-order chi connectivity index (χ1) is 13.7. The molecule has 0 unspecified atom stereocenters. The Labute approximate surface area is 168 Å². The molecule has 28 heavy (non-hydrogen) atoms. The first kappa shape index (κ1) is 19.9. The highest BCUT2D eigenvalue weighted by Gasteiger charge is 2.09. The van der Waals surface area contributed by atoms with Gasteiger partial charge < -0.3 is 19.9 Å². The highest BCUT2D eigenvalue weighted by molar-refractivity contribution is 6.30. The Balaban J connectivity index is 1.39. The Morgan fingerprint density at radius 2 is 2.00 bits per heavy atom. The molecular weight excluding hydrogens is 378 g/mol. The maximum Gasteiger partial charge on any atom is 0.246 e. The first-order valence-electron chi connectivity index (χ1n) is 8.89. The standard InChI is InChI=1S/C20H22ClN5O2/c1-22-20(23-10-11-27-14-15-6-3-2-4-7-15)24-13-18-25-19(26-28-18)16-8-5-9-17(21)12-16/h2-9,12H,10-11,13-14H2,1H3,(H2,22,23,24). The monoisotopic (exact) mass is 399 g/mol. The molecular formula is C20H22ClN5O2. The van der Waals surface area contributed by atoms with E-state index in [1.54, 1.807) is 19.2 Å². The van der Waals surface area contributed by atoms with Crippen LogP contribution in [0.15, 0.2) is 64.1 Å². The van der Waals surface area contributed by atoms with Gasteiger partial charge in [-0.05, 0) is 17.7 Å². The number of ether oxygens (including phenoxy) is 1. The maximum atomic E-state index is 6.00. The second-order valence-corrected chi connectivity index (χ2v) is 6.35. The summed E-state index contributed by atoms with van der Waals surface area (Å²) >= 11 is 6.00. The van der Waals surface area contributed by atoms with Crippen molar-refractivity contribution in [1.82, 2.24) is 20.8 Å². The van der Waals surface area contributed by atoms with E-state index >= 15 is 0 Å². The zero-order chi connectivity index (χ0) is 19.6. The van der Waals surface area contributed by atoms with Crippen molar-refractivity contribution < 1.29 is 9.26 Å². The third-order valence-electron chi connectivity index (χ3n) is 3.83. The van der Waals surface area contributed by atoms with E-state index in [4.69, 9.17) is 20.9 Å². The predicted octanol–water partition coefficient (Wildman–Crippen LogP) is 3.27. The number of aromatic nitrogens is 2. The number of hydrogen-bond donors (Lipinski definition) is 2. The number of nitrogens with zero attached hydrogens (tertiary/aromatic N) is 3. The molecule has 0 atom stereocenters. The molecule has 0 fully saturated rings. The lowest BCUT2D eigenvalue weighted by molar-refractivity contribution is 0.125. The van der Waals surface area contributed by atoms with Gasteiger partial charge in [-0.15, -0.1) is 0 Å². The Morgan fingerprint density at radius 3 is 2.79 bits per heavy atom. The Hall–Kier alpha value is -2.90. The molecule has 0 aliphatic rings. The lowest BCUT2D eigenvalue weighted by atomic mass is 10.2. The second-order valence-electron chi connectivity index (χ2n) is 5.91. The topological polar surface area (TPSA) is 84.6 Å². The average Bonchev–Trinajstić information content (AvgIpc) is 3.20. The molecule has 1 aromatic heterocycles. The van der Waals surface area contributed by atoms with Gasteiger partial charge in [0.25, 0.3) is 0 Å². The molecule has 0 saturated heterocycles. The first-order valence-corrected chi connectivity index (χ1v) is 9.27. The summed E-state index contributed by atoms with van der Waals surface area (Å²) in [6.07, 6.45) is 0. The number of nitrogens with one attached hydrogen (secondary N) is 2. The van der Waals surface area contributed by atoms with Crippen LogP contribution in [0.25, 0.3) is 11.4 Å². The number of hydrogen-bond acceptors (Lipinski definition) is 5. The largest absolute Gasteiger partial charge is 0.375 e. The summed E-state index contributed by atoms with van der Waals surface area (Å²) in [7, 11) is 1.70. The highest BCUT2D eigenvalue weighted by Crippen LogP contribution is 2.19. The molecule has 7 nitrogen and oxygen atoms in total. The summed E-state index contributed by atoms with van der Waals surface area (Å²) in [5, 5.41) is 10.9. The van der Waals surface area contributed by atoms with Crippen molar-refractivity contribution in [1.29, 1.82) is 0 Å². The van der Waals surface area contributed by atoms with Gasteiger partial charge in [0.2, 0.25) is 11.7 Å². The minimum Gasteiger partial charge on any atom is -0.375 e. The number of rotatable bonds is 8. The Kier molecular flexibility index (Phi) is 7.40. The molecule has 0 radical (unpaired) electrons. The normalized spacial score (nSPS) is 11.4. The molecule has 0 saturated carbocycles. The van der Waals surface area contributed by atoms with Crippen LogP contribution in [-0.2, 0) is 17.9 Å². The van der Waals surface area contributed by atoms with Crippen LogP contribution in [0.1, 0.15) is 11.5 Å². The van der Waals surface area contributed by atoms with Gasteiger partial charge in [0.05, 0.1) is 19.8 Å². The third kappa shape index (κ3) is 6.07. The van der Waals surface area contributed by atoms with E-state index in [2.05, 4.69) is 25.8 Å². The highest BCUT2D eigenvalue weighted by atomic mass is 35.5. The lowest BCUT2D eigenvalue weighted by Gasteiger charge is -2.10. The van der Waals surface area contributed by atoms with E-state index in [1.165, 1.54) is 0 Å². The smallest absolute Gasteiger partial charge is 0.246 e. The number of aliphatic imine (C=N–C) groups is 1. The van der Waals surface area contributed by atoms with Gasteiger partial charge in [0.15, 0.2) is 5.96 Å². The summed E-state index contributed by atoms with van der Waals surface area (Å²) in [6.45, 7) is 2.14. The van der Waals surface area contributed by atoms with Crippen molar-refractivity contribution in [3.05, 3.63) is 71.1 Å². The van der Waals surface area contributed by atoms with E-state index in [0.29, 0.717) is 49.0 Å². The third-order valence-corrected chi connectivity index (χ3v) is 4.07. The average molecular weight is 400 g/mol. The van der Waals surface area contributed by atoms with Gasteiger partial charge in [0, 0.05) is 24.2 Å². The van der Waals surface area contributed by atoms with Crippen LogP contribution in [-0.4, -0.2) is 36.3 Å². The van der Waals surface area contributed by atoms with Gasteiger partial charge in [-0.3, -0.25) is 4.99 Å². The fourth-order valence-electron chi connectivity index (χ4n) is 2.46.